The van der Waals surface area contributed by atoms with Crippen LogP contribution in [0.1, 0.15) is 70.6 Å². The van der Waals surface area contributed by atoms with E-state index in [0.717, 1.165) is 13.2 Å². The number of hydrogen-bond acceptors (Lipinski definition) is 2. The smallest absolute Gasteiger partial charge is 0.0873 e. The largest absolute Gasteiger partial charge is 0.502 e. The first-order valence-electron chi connectivity index (χ1n) is 7.77. The SMILES string of the molecule is C=COCCCCCCCCCCCCC1CO1. The zero-order chi connectivity index (χ0) is 12.9. The number of rotatable bonds is 14. The van der Waals surface area contributed by atoms with Crippen molar-refractivity contribution >= 4 is 0 Å². The van der Waals surface area contributed by atoms with E-state index in [1.54, 1.807) is 0 Å². The molecule has 0 radical (unpaired) electrons. The van der Waals surface area contributed by atoms with E-state index in [4.69, 9.17) is 9.47 Å². The summed E-state index contributed by atoms with van der Waals surface area (Å²) in [4.78, 5) is 0. The van der Waals surface area contributed by atoms with Crippen molar-refractivity contribution in [2.75, 3.05) is 13.2 Å². The van der Waals surface area contributed by atoms with Gasteiger partial charge in [-0.1, -0.05) is 64.4 Å². The molecule has 1 aliphatic heterocycles. The second-order valence-corrected chi connectivity index (χ2v) is 5.32. The minimum absolute atomic E-state index is 0.634. The Morgan fingerprint density at radius 2 is 1.39 bits per heavy atom. The third-order valence-electron chi connectivity index (χ3n) is 3.56. The number of hydrogen-bond donors (Lipinski definition) is 0. The highest BCUT2D eigenvalue weighted by molar-refractivity contribution is 4.68. The molecule has 18 heavy (non-hydrogen) atoms. The molecule has 0 bridgehead atoms. The van der Waals surface area contributed by atoms with Gasteiger partial charge in [0.15, 0.2) is 0 Å². The van der Waals surface area contributed by atoms with Crippen molar-refractivity contribution in [3.05, 3.63) is 12.8 Å². The lowest BCUT2D eigenvalue weighted by molar-refractivity contribution is 0.241. The first kappa shape index (κ1) is 15.6. The van der Waals surface area contributed by atoms with Crippen LogP contribution in [0, 0.1) is 0 Å². The highest BCUT2D eigenvalue weighted by Crippen LogP contribution is 2.18. The Kier molecular flexibility index (Phi) is 10.0. The molecule has 1 unspecified atom stereocenters. The topological polar surface area (TPSA) is 21.8 Å². The average Bonchev–Trinajstić information content (AvgIpc) is 3.19. The Bertz CT molecular complexity index is 188. The molecule has 0 spiro atoms. The van der Waals surface area contributed by atoms with Crippen molar-refractivity contribution in [2.24, 2.45) is 0 Å². The van der Waals surface area contributed by atoms with E-state index in [1.807, 2.05) is 0 Å². The van der Waals surface area contributed by atoms with Gasteiger partial charge in [-0.3, -0.25) is 0 Å². The van der Waals surface area contributed by atoms with Gasteiger partial charge in [0.2, 0.25) is 0 Å². The maximum absolute atomic E-state index is 5.20. The fourth-order valence-electron chi connectivity index (χ4n) is 2.29. The summed E-state index contributed by atoms with van der Waals surface area (Å²) in [5, 5.41) is 0. The van der Waals surface area contributed by atoms with Crippen LogP contribution in [0.5, 0.6) is 0 Å². The molecule has 0 N–H and O–H groups in total. The van der Waals surface area contributed by atoms with Gasteiger partial charge in [0.25, 0.3) is 0 Å². The molecule has 1 atom stereocenters. The maximum atomic E-state index is 5.20. The van der Waals surface area contributed by atoms with Gasteiger partial charge in [-0.05, 0) is 12.8 Å². The predicted octanol–water partition coefficient (Wildman–Crippen LogP) is 4.84. The summed E-state index contributed by atoms with van der Waals surface area (Å²) in [5.41, 5.74) is 0. The zero-order valence-electron chi connectivity index (χ0n) is 11.9. The summed E-state index contributed by atoms with van der Waals surface area (Å²) in [5.74, 6) is 0. The molecule has 0 aromatic carbocycles. The van der Waals surface area contributed by atoms with E-state index in [1.165, 1.54) is 76.9 Å². The summed E-state index contributed by atoms with van der Waals surface area (Å²) in [6.07, 6.45) is 17.1. The molecule has 1 rings (SSSR count). The van der Waals surface area contributed by atoms with Gasteiger partial charge in [-0.15, -0.1) is 0 Å². The van der Waals surface area contributed by atoms with Crippen LogP contribution in [-0.4, -0.2) is 19.3 Å². The van der Waals surface area contributed by atoms with Crippen molar-refractivity contribution in [2.45, 2.75) is 76.7 Å². The summed E-state index contributed by atoms with van der Waals surface area (Å²) in [7, 11) is 0. The Hall–Kier alpha value is -0.500. The van der Waals surface area contributed by atoms with Crippen LogP contribution in [0.15, 0.2) is 12.8 Å². The number of unbranched alkanes of at least 4 members (excludes halogenated alkanes) is 9. The molecule has 106 valence electrons. The minimum atomic E-state index is 0.634. The van der Waals surface area contributed by atoms with Gasteiger partial charge in [0, 0.05) is 0 Å². The van der Waals surface area contributed by atoms with Crippen molar-refractivity contribution < 1.29 is 9.47 Å². The third kappa shape index (κ3) is 10.6. The molecule has 1 saturated heterocycles. The van der Waals surface area contributed by atoms with Crippen LogP contribution in [0.4, 0.5) is 0 Å². The summed E-state index contributed by atoms with van der Waals surface area (Å²) >= 11 is 0. The Morgan fingerprint density at radius 1 is 0.889 bits per heavy atom. The Labute approximate surface area is 113 Å². The van der Waals surface area contributed by atoms with Gasteiger partial charge >= 0.3 is 0 Å². The second kappa shape index (κ2) is 11.6. The molecule has 1 aliphatic rings. The van der Waals surface area contributed by atoms with E-state index < -0.39 is 0 Å². The van der Waals surface area contributed by atoms with Crippen molar-refractivity contribution in [3.8, 4) is 0 Å². The highest BCUT2D eigenvalue weighted by Gasteiger charge is 2.20. The molecule has 0 amide bonds. The second-order valence-electron chi connectivity index (χ2n) is 5.32. The summed E-state index contributed by atoms with van der Waals surface area (Å²) < 4.78 is 10.3. The Balaban J connectivity index is 1.61. The Morgan fingerprint density at radius 3 is 1.89 bits per heavy atom. The van der Waals surface area contributed by atoms with Crippen molar-refractivity contribution in [1.82, 2.24) is 0 Å². The zero-order valence-corrected chi connectivity index (χ0v) is 11.9. The molecule has 2 nitrogen and oxygen atoms in total. The van der Waals surface area contributed by atoms with Crippen LogP contribution in [0.2, 0.25) is 0 Å². The number of epoxide rings is 1. The minimum Gasteiger partial charge on any atom is -0.502 e. The van der Waals surface area contributed by atoms with Crippen LogP contribution in [-0.2, 0) is 9.47 Å². The van der Waals surface area contributed by atoms with Crippen LogP contribution < -0.4 is 0 Å². The number of ether oxygens (including phenoxy) is 2. The fourth-order valence-corrected chi connectivity index (χ4v) is 2.29. The normalized spacial score (nSPS) is 17.7. The molecule has 1 heterocycles. The standard InChI is InChI=1S/C16H30O2/c1-2-17-14-12-10-8-6-4-3-5-7-9-11-13-16-15-18-16/h2,16H,1,3-15H2. The highest BCUT2D eigenvalue weighted by atomic mass is 16.6. The predicted molar refractivity (Wildman–Crippen MR) is 76.7 cm³/mol. The molecular weight excluding hydrogens is 224 g/mol. The van der Waals surface area contributed by atoms with E-state index in [2.05, 4.69) is 6.58 Å². The monoisotopic (exact) mass is 254 g/mol. The van der Waals surface area contributed by atoms with Crippen LogP contribution in [0.25, 0.3) is 0 Å². The van der Waals surface area contributed by atoms with E-state index in [-0.39, 0.29) is 0 Å². The fraction of sp³-hybridized carbons (Fsp3) is 0.875. The van der Waals surface area contributed by atoms with Crippen molar-refractivity contribution in [1.29, 1.82) is 0 Å². The van der Waals surface area contributed by atoms with Gasteiger partial charge < -0.3 is 9.47 Å². The van der Waals surface area contributed by atoms with Gasteiger partial charge in [-0.2, -0.15) is 0 Å². The lowest BCUT2D eigenvalue weighted by Gasteiger charge is -2.02. The van der Waals surface area contributed by atoms with E-state index in [9.17, 15) is 0 Å². The van der Waals surface area contributed by atoms with Crippen LogP contribution in [0.3, 0.4) is 0 Å². The average molecular weight is 254 g/mol. The van der Waals surface area contributed by atoms with Gasteiger partial charge in [-0.25, -0.2) is 0 Å². The molecule has 1 fully saturated rings. The molecular formula is C16H30O2. The first-order chi connectivity index (χ1) is 8.93. The molecule has 0 aromatic heterocycles. The van der Waals surface area contributed by atoms with Crippen LogP contribution >= 0.6 is 0 Å². The van der Waals surface area contributed by atoms with Gasteiger partial charge in [0.05, 0.1) is 25.6 Å². The lowest BCUT2D eigenvalue weighted by Crippen LogP contribution is -1.88. The van der Waals surface area contributed by atoms with E-state index >= 15 is 0 Å². The quantitative estimate of drug-likeness (QED) is 0.251. The molecule has 2 heteroatoms. The van der Waals surface area contributed by atoms with E-state index in [0.29, 0.717) is 6.10 Å². The third-order valence-corrected chi connectivity index (χ3v) is 3.56. The molecule has 0 aliphatic carbocycles. The van der Waals surface area contributed by atoms with Crippen molar-refractivity contribution in [3.63, 3.8) is 0 Å². The first-order valence-corrected chi connectivity index (χ1v) is 7.77. The lowest BCUT2D eigenvalue weighted by atomic mass is 10.1. The summed E-state index contributed by atoms with van der Waals surface area (Å²) in [6.45, 7) is 5.40. The molecule has 0 saturated carbocycles. The molecule has 0 aromatic rings. The van der Waals surface area contributed by atoms with Gasteiger partial charge in [0.1, 0.15) is 0 Å². The summed E-state index contributed by atoms with van der Waals surface area (Å²) in [6, 6.07) is 0. The maximum Gasteiger partial charge on any atom is 0.0873 e.